The molecule has 0 aromatic heterocycles. The fourth-order valence-corrected chi connectivity index (χ4v) is 26.7. The summed E-state index contributed by atoms with van der Waals surface area (Å²) in [6.45, 7) is 0. The van der Waals surface area contributed by atoms with Gasteiger partial charge in [-0.25, -0.2) is 0 Å². The Hall–Kier alpha value is 2.39. The molecular formula is CH4Cl6Si3. The Morgan fingerprint density at radius 3 is 0.800 bits per heavy atom. The smallest absolute Gasteiger partial charge is 0.150 e. The quantitative estimate of drug-likeness (QED) is 0.555. The van der Waals surface area contributed by atoms with Crippen molar-refractivity contribution >= 4 is 88.7 Å². The van der Waals surface area contributed by atoms with Crippen LogP contribution in [0.25, 0.3) is 0 Å². The molecule has 0 aliphatic carbocycles. The van der Waals surface area contributed by atoms with E-state index in [1.165, 1.54) is 0 Å². The third kappa shape index (κ3) is 4.42. The van der Waals surface area contributed by atoms with E-state index >= 15 is 0 Å². The molecule has 0 fully saturated rings. The first kappa shape index (κ1) is 12.4. The topological polar surface area (TPSA) is 0 Å². The Morgan fingerprint density at radius 1 is 0.600 bits per heavy atom. The van der Waals surface area contributed by atoms with Crippen LogP contribution >= 0.6 is 66.5 Å². The van der Waals surface area contributed by atoms with Gasteiger partial charge in [0.05, 0.1) is 0 Å². The van der Waals surface area contributed by atoms with E-state index < -0.39 is 22.2 Å². The highest BCUT2D eigenvalue weighted by Gasteiger charge is 2.34. The molecule has 0 aliphatic rings. The van der Waals surface area contributed by atoms with Crippen LogP contribution in [0.5, 0.6) is 0 Å². The molecule has 62 valence electrons. The predicted octanol–water partition coefficient (Wildman–Crippen LogP) is 2.53. The molecule has 0 atom stereocenters. The second-order valence-corrected chi connectivity index (χ2v) is 18.7. The monoisotopic (exact) mass is 310 g/mol. The second-order valence-electron chi connectivity index (χ2n) is 1.58. The van der Waals surface area contributed by atoms with Gasteiger partial charge in [0.2, 0.25) is 22.2 Å². The summed E-state index contributed by atoms with van der Waals surface area (Å²) in [7, 11) is -5.58. The normalized spacial score (nSPS) is 12.6. The van der Waals surface area contributed by atoms with Crippen LogP contribution in [-0.4, -0.2) is 22.2 Å². The number of hydrogen-bond acceptors (Lipinski definition) is 0. The second kappa shape index (κ2) is 5.94. The third-order valence-electron chi connectivity index (χ3n) is 0.873. The minimum Gasteiger partial charge on any atom is -0.150 e. The maximum absolute atomic E-state index is 5.67. The van der Waals surface area contributed by atoms with Gasteiger partial charge < -0.3 is 0 Å². The maximum Gasteiger partial charge on any atom is 0.239 e. The van der Waals surface area contributed by atoms with E-state index in [4.69, 9.17) is 66.5 Å². The zero-order chi connectivity index (χ0) is 8.31. The van der Waals surface area contributed by atoms with Crippen LogP contribution in [0, 0.1) is 0 Å². The SMILES string of the molecule is Cl[SiH](Cl)C([SiH](Cl)Cl)[SiH](Cl)Cl. The van der Waals surface area contributed by atoms with Gasteiger partial charge in [-0.1, -0.05) is 0 Å². The summed E-state index contributed by atoms with van der Waals surface area (Å²) in [5.41, 5.74) is 0. The van der Waals surface area contributed by atoms with Gasteiger partial charge in [0.1, 0.15) is 0 Å². The molecule has 0 saturated carbocycles. The highest BCUT2D eigenvalue weighted by atomic mass is 35.7. The van der Waals surface area contributed by atoms with Crippen LogP contribution in [0.15, 0.2) is 0 Å². The molecule has 9 heteroatoms. The van der Waals surface area contributed by atoms with Crippen molar-refractivity contribution in [3.05, 3.63) is 0 Å². The average molecular weight is 313 g/mol. The van der Waals surface area contributed by atoms with Gasteiger partial charge in [-0.15, -0.1) is 0 Å². The van der Waals surface area contributed by atoms with Gasteiger partial charge in [-0.05, 0) is 0 Å². The van der Waals surface area contributed by atoms with Crippen LogP contribution in [0.4, 0.5) is 0 Å². The molecule has 0 aromatic carbocycles. The highest BCUT2D eigenvalue weighted by Crippen LogP contribution is 2.31. The van der Waals surface area contributed by atoms with Crippen LogP contribution in [0.1, 0.15) is 0 Å². The van der Waals surface area contributed by atoms with Crippen LogP contribution in [0.3, 0.4) is 0 Å². The molecule has 0 nitrogen and oxygen atoms in total. The van der Waals surface area contributed by atoms with Crippen LogP contribution < -0.4 is 0 Å². The fourth-order valence-electron chi connectivity index (χ4n) is 0.330. The van der Waals surface area contributed by atoms with E-state index in [0.29, 0.717) is 0 Å². The highest BCUT2D eigenvalue weighted by molar-refractivity contribution is 7.56. The summed E-state index contributed by atoms with van der Waals surface area (Å²) in [4.78, 5) is -0.102. The molecule has 0 N–H and O–H groups in total. The lowest BCUT2D eigenvalue weighted by molar-refractivity contribution is 1.82. The van der Waals surface area contributed by atoms with E-state index in [1.807, 2.05) is 0 Å². The molecule has 0 rings (SSSR count). The minimum atomic E-state index is -1.86. The summed E-state index contributed by atoms with van der Waals surface area (Å²) in [5.74, 6) is 0. The third-order valence-corrected chi connectivity index (χ3v) is 23.6. The summed E-state index contributed by atoms with van der Waals surface area (Å²) in [6, 6.07) is 0. The van der Waals surface area contributed by atoms with E-state index in [9.17, 15) is 0 Å². The van der Waals surface area contributed by atoms with Gasteiger partial charge in [0.15, 0.2) is 0 Å². The molecule has 0 heterocycles. The lowest BCUT2D eigenvalue weighted by Gasteiger charge is -2.15. The summed E-state index contributed by atoms with van der Waals surface area (Å²) < 4.78 is 0. The Bertz CT molecular complexity index is 74.0. The molecule has 0 aliphatic heterocycles. The van der Waals surface area contributed by atoms with Crippen molar-refractivity contribution in [3.8, 4) is 0 Å². The number of hydrogen-bond donors (Lipinski definition) is 0. The standard InChI is InChI=1S/CH4Cl6Si3/c2-8(3)1(9(4)5)10(6)7/h1,8-10H. The van der Waals surface area contributed by atoms with Crippen molar-refractivity contribution in [2.75, 3.05) is 0 Å². The lowest BCUT2D eigenvalue weighted by atomic mass is 11.8. The molecular weight excluding hydrogens is 309 g/mol. The Labute approximate surface area is 92.7 Å². The Morgan fingerprint density at radius 2 is 0.800 bits per heavy atom. The largest absolute Gasteiger partial charge is 0.239 e. The molecule has 0 saturated heterocycles. The van der Waals surface area contributed by atoms with Gasteiger partial charge in [-0.3, -0.25) is 0 Å². The molecule has 0 radical (unpaired) electrons. The summed E-state index contributed by atoms with van der Waals surface area (Å²) in [6.07, 6.45) is 0. The van der Waals surface area contributed by atoms with Crippen LogP contribution in [0.2, 0.25) is 4.79 Å². The van der Waals surface area contributed by atoms with Crippen molar-refractivity contribution in [3.63, 3.8) is 0 Å². The van der Waals surface area contributed by atoms with E-state index in [1.54, 1.807) is 0 Å². The van der Waals surface area contributed by atoms with Crippen molar-refractivity contribution in [2.45, 2.75) is 4.79 Å². The number of halogens is 6. The molecule has 0 unspecified atom stereocenters. The van der Waals surface area contributed by atoms with Gasteiger partial charge >= 0.3 is 0 Å². The first-order valence-corrected chi connectivity index (χ1v) is 14.8. The van der Waals surface area contributed by atoms with Crippen molar-refractivity contribution in [2.24, 2.45) is 0 Å². The van der Waals surface area contributed by atoms with Gasteiger partial charge in [0.25, 0.3) is 0 Å². The summed E-state index contributed by atoms with van der Waals surface area (Å²) >= 11 is 34.0. The first-order valence-electron chi connectivity index (χ1n) is 2.31. The fraction of sp³-hybridized carbons (Fsp3) is 1.00. The van der Waals surface area contributed by atoms with Crippen molar-refractivity contribution in [1.82, 2.24) is 0 Å². The zero-order valence-corrected chi connectivity index (χ0v) is 12.6. The van der Waals surface area contributed by atoms with E-state index in [2.05, 4.69) is 0 Å². The Balaban J connectivity index is 3.98. The molecule has 0 bridgehead atoms. The minimum absolute atomic E-state index is 0.102. The lowest BCUT2D eigenvalue weighted by Crippen LogP contribution is -2.27. The molecule has 0 spiro atoms. The average Bonchev–Trinajstić information content (AvgIpc) is 1.59. The predicted molar refractivity (Wildman–Crippen MR) is 60.3 cm³/mol. The van der Waals surface area contributed by atoms with Crippen LogP contribution in [-0.2, 0) is 0 Å². The van der Waals surface area contributed by atoms with E-state index in [0.717, 1.165) is 0 Å². The maximum atomic E-state index is 5.67. The molecule has 0 aromatic rings. The number of rotatable bonds is 3. The summed E-state index contributed by atoms with van der Waals surface area (Å²) in [5, 5.41) is 0. The first-order chi connectivity index (χ1) is 4.46. The van der Waals surface area contributed by atoms with Gasteiger partial charge in [-0.2, -0.15) is 66.5 Å². The zero-order valence-electron chi connectivity index (χ0n) is 4.58. The molecule has 10 heavy (non-hydrogen) atoms. The Kier molecular flexibility index (Phi) is 7.36. The van der Waals surface area contributed by atoms with Crippen molar-refractivity contribution < 1.29 is 0 Å². The van der Waals surface area contributed by atoms with Gasteiger partial charge in [0, 0.05) is 4.79 Å². The molecule has 0 amide bonds. The van der Waals surface area contributed by atoms with E-state index in [-0.39, 0.29) is 4.79 Å². The van der Waals surface area contributed by atoms with Crippen molar-refractivity contribution in [1.29, 1.82) is 0 Å².